The second-order valence-electron chi connectivity index (χ2n) is 5.12. The summed E-state index contributed by atoms with van der Waals surface area (Å²) in [4.78, 5) is 11.7. The molecule has 0 unspecified atom stereocenters. The van der Waals surface area contributed by atoms with E-state index in [2.05, 4.69) is 10.6 Å². The summed E-state index contributed by atoms with van der Waals surface area (Å²) in [5, 5.41) is 5.57. The third-order valence-corrected chi connectivity index (χ3v) is 3.27. The number of ether oxygens (including phenoxy) is 2. The number of carbonyl (C=O) groups is 1. The Hall–Kier alpha value is -2.69. The van der Waals surface area contributed by atoms with Crippen LogP contribution in [0.5, 0.6) is 11.5 Å². The highest BCUT2D eigenvalue weighted by molar-refractivity contribution is 5.73. The summed E-state index contributed by atoms with van der Waals surface area (Å²) in [6, 6.07) is 15.2. The van der Waals surface area contributed by atoms with Crippen LogP contribution in [-0.4, -0.2) is 26.3 Å². The molecule has 2 N–H and O–H groups in total. The molecule has 0 aliphatic heterocycles. The van der Waals surface area contributed by atoms with Crippen molar-refractivity contribution in [3.63, 3.8) is 0 Å². The minimum Gasteiger partial charge on any atom is -0.497 e. The first-order valence-electron chi connectivity index (χ1n) is 7.51. The van der Waals surface area contributed by atoms with Gasteiger partial charge in [-0.1, -0.05) is 35.9 Å². The molecule has 0 atom stereocenters. The molecule has 0 aliphatic carbocycles. The molecule has 0 bridgehead atoms. The monoisotopic (exact) mass is 314 g/mol. The molecule has 0 radical (unpaired) electrons. The predicted molar refractivity (Wildman–Crippen MR) is 89.9 cm³/mol. The fraction of sp³-hybridized carbons (Fsp3) is 0.278. The van der Waals surface area contributed by atoms with Gasteiger partial charge in [0.1, 0.15) is 18.1 Å². The Morgan fingerprint density at radius 2 is 1.78 bits per heavy atom. The SMILES string of the molecule is COc1cccc(OCCNC(=O)NCc2ccc(C)cc2)c1. The number of carbonyl (C=O) groups excluding carboxylic acids is 1. The molecule has 0 aromatic heterocycles. The summed E-state index contributed by atoms with van der Waals surface area (Å²) < 4.78 is 10.7. The molecule has 2 rings (SSSR count). The van der Waals surface area contributed by atoms with Crippen LogP contribution in [-0.2, 0) is 6.54 Å². The summed E-state index contributed by atoms with van der Waals surface area (Å²) in [6.07, 6.45) is 0. The van der Waals surface area contributed by atoms with Gasteiger partial charge in [-0.15, -0.1) is 0 Å². The molecular formula is C18H22N2O3. The second-order valence-corrected chi connectivity index (χ2v) is 5.12. The standard InChI is InChI=1S/C18H22N2O3/c1-14-6-8-15(9-7-14)13-20-18(21)19-10-11-23-17-5-3-4-16(12-17)22-2/h3-9,12H,10-11,13H2,1-2H3,(H2,19,20,21). The smallest absolute Gasteiger partial charge is 0.315 e. The van der Waals surface area contributed by atoms with Crippen LogP contribution in [0.3, 0.4) is 0 Å². The third kappa shape index (κ3) is 5.90. The summed E-state index contributed by atoms with van der Waals surface area (Å²) in [5.74, 6) is 1.46. The van der Waals surface area contributed by atoms with Crippen molar-refractivity contribution in [2.45, 2.75) is 13.5 Å². The highest BCUT2D eigenvalue weighted by Crippen LogP contribution is 2.18. The van der Waals surface area contributed by atoms with Crippen molar-refractivity contribution in [1.29, 1.82) is 0 Å². The van der Waals surface area contributed by atoms with Gasteiger partial charge in [-0.05, 0) is 24.6 Å². The van der Waals surface area contributed by atoms with Gasteiger partial charge in [0.15, 0.2) is 0 Å². The number of methoxy groups -OCH3 is 1. The number of aryl methyl sites for hydroxylation is 1. The minimum absolute atomic E-state index is 0.209. The Morgan fingerprint density at radius 1 is 1.04 bits per heavy atom. The molecule has 0 spiro atoms. The quantitative estimate of drug-likeness (QED) is 0.773. The normalized spacial score (nSPS) is 10.0. The van der Waals surface area contributed by atoms with Crippen LogP contribution < -0.4 is 20.1 Å². The fourth-order valence-corrected chi connectivity index (χ4v) is 1.98. The van der Waals surface area contributed by atoms with Crippen molar-refractivity contribution in [1.82, 2.24) is 10.6 Å². The lowest BCUT2D eigenvalue weighted by Gasteiger charge is -2.10. The Labute approximate surface area is 136 Å². The predicted octanol–water partition coefficient (Wildman–Crippen LogP) is 2.88. The van der Waals surface area contributed by atoms with Crippen molar-refractivity contribution in [3.05, 3.63) is 59.7 Å². The van der Waals surface area contributed by atoms with Crippen LogP contribution in [0.15, 0.2) is 48.5 Å². The zero-order valence-corrected chi connectivity index (χ0v) is 13.5. The van der Waals surface area contributed by atoms with Crippen LogP contribution in [0, 0.1) is 6.92 Å². The number of hydrogen-bond donors (Lipinski definition) is 2. The molecule has 0 fully saturated rings. The maximum Gasteiger partial charge on any atom is 0.315 e. The van der Waals surface area contributed by atoms with Crippen LogP contribution in [0.2, 0.25) is 0 Å². The van der Waals surface area contributed by atoms with Crippen LogP contribution in [0.25, 0.3) is 0 Å². The van der Waals surface area contributed by atoms with Gasteiger partial charge in [0.25, 0.3) is 0 Å². The highest BCUT2D eigenvalue weighted by Gasteiger charge is 2.01. The van der Waals surface area contributed by atoms with E-state index in [4.69, 9.17) is 9.47 Å². The molecule has 0 saturated carbocycles. The first-order valence-corrected chi connectivity index (χ1v) is 7.51. The second kappa shape index (κ2) is 8.68. The summed E-state index contributed by atoms with van der Waals surface area (Å²) in [5.41, 5.74) is 2.27. The van der Waals surface area contributed by atoms with Gasteiger partial charge in [0.05, 0.1) is 13.7 Å². The van der Waals surface area contributed by atoms with Crippen molar-refractivity contribution in [2.75, 3.05) is 20.3 Å². The van der Waals surface area contributed by atoms with Crippen molar-refractivity contribution in [2.24, 2.45) is 0 Å². The van der Waals surface area contributed by atoms with Gasteiger partial charge in [0, 0.05) is 12.6 Å². The number of amides is 2. The molecule has 2 aromatic rings. The van der Waals surface area contributed by atoms with E-state index in [1.807, 2.05) is 49.4 Å². The van der Waals surface area contributed by atoms with Crippen molar-refractivity contribution >= 4 is 6.03 Å². The Morgan fingerprint density at radius 3 is 2.52 bits per heavy atom. The maximum atomic E-state index is 11.7. The molecule has 2 amide bonds. The number of benzene rings is 2. The summed E-state index contributed by atoms with van der Waals surface area (Å²) in [7, 11) is 1.61. The first-order chi connectivity index (χ1) is 11.2. The largest absolute Gasteiger partial charge is 0.497 e. The first kappa shape index (κ1) is 16.7. The minimum atomic E-state index is -0.209. The van der Waals surface area contributed by atoms with Crippen molar-refractivity contribution < 1.29 is 14.3 Å². The van der Waals surface area contributed by atoms with Gasteiger partial charge < -0.3 is 20.1 Å². The van der Waals surface area contributed by atoms with E-state index in [1.165, 1.54) is 5.56 Å². The Kier molecular flexibility index (Phi) is 6.29. The van der Waals surface area contributed by atoms with E-state index in [0.717, 1.165) is 11.3 Å². The van der Waals surface area contributed by atoms with Gasteiger partial charge in [-0.2, -0.15) is 0 Å². The van der Waals surface area contributed by atoms with E-state index >= 15 is 0 Å². The highest BCUT2D eigenvalue weighted by atomic mass is 16.5. The number of hydrogen-bond acceptors (Lipinski definition) is 3. The molecular weight excluding hydrogens is 292 g/mol. The van der Waals surface area contributed by atoms with Crippen molar-refractivity contribution in [3.8, 4) is 11.5 Å². The van der Waals surface area contributed by atoms with Gasteiger partial charge in [-0.25, -0.2) is 4.79 Å². The lowest BCUT2D eigenvalue weighted by Crippen LogP contribution is -2.37. The van der Waals surface area contributed by atoms with Gasteiger partial charge >= 0.3 is 6.03 Å². The van der Waals surface area contributed by atoms with Gasteiger partial charge in [0.2, 0.25) is 0 Å². The van der Waals surface area contributed by atoms with Crippen LogP contribution in [0.4, 0.5) is 4.79 Å². The molecule has 23 heavy (non-hydrogen) atoms. The number of nitrogens with one attached hydrogen (secondary N) is 2. The van der Waals surface area contributed by atoms with Crippen LogP contribution in [0.1, 0.15) is 11.1 Å². The molecule has 2 aromatic carbocycles. The number of urea groups is 1. The topological polar surface area (TPSA) is 59.6 Å². The van der Waals surface area contributed by atoms with E-state index < -0.39 is 0 Å². The number of rotatable bonds is 7. The third-order valence-electron chi connectivity index (χ3n) is 3.27. The molecule has 0 aliphatic rings. The lowest BCUT2D eigenvalue weighted by molar-refractivity contribution is 0.236. The molecule has 0 heterocycles. The van der Waals surface area contributed by atoms with Gasteiger partial charge in [-0.3, -0.25) is 0 Å². The average Bonchev–Trinajstić information content (AvgIpc) is 2.58. The molecule has 5 heteroatoms. The van der Waals surface area contributed by atoms with E-state index in [9.17, 15) is 4.79 Å². The Bertz CT molecular complexity index is 626. The zero-order valence-electron chi connectivity index (χ0n) is 13.5. The van der Waals surface area contributed by atoms with E-state index in [-0.39, 0.29) is 6.03 Å². The average molecular weight is 314 g/mol. The fourth-order valence-electron chi connectivity index (χ4n) is 1.98. The van der Waals surface area contributed by atoms with E-state index in [0.29, 0.717) is 25.4 Å². The summed E-state index contributed by atoms with van der Waals surface area (Å²) >= 11 is 0. The molecule has 122 valence electrons. The van der Waals surface area contributed by atoms with Crippen LogP contribution >= 0.6 is 0 Å². The lowest BCUT2D eigenvalue weighted by atomic mass is 10.1. The molecule has 0 saturated heterocycles. The summed E-state index contributed by atoms with van der Waals surface area (Å²) in [6.45, 7) is 3.36. The molecule has 5 nitrogen and oxygen atoms in total. The maximum absolute atomic E-state index is 11.7. The Balaban J connectivity index is 1.63. The zero-order chi connectivity index (χ0) is 16.5. The van der Waals surface area contributed by atoms with E-state index in [1.54, 1.807) is 13.2 Å².